The van der Waals surface area contributed by atoms with Gasteiger partial charge < -0.3 is 9.64 Å². The first-order valence-electron chi connectivity index (χ1n) is 6.07. The van der Waals surface area contributed by atoms with Crippen molar-refractivity contribution in [1.29, 1.82) is 0 Å². The second kappa shape index (κ2) is 4.53. The van der Waals surface area contributed by atoms with Crippen molar-refractivity contribution in [3.05, 3.63) is 28.9 Å². The monoisotopic (exact) mass is 265 g/mol. The predicted octanol–water partition coefficient (Wildman–Crippen LogP) is 2.32. The molecule has 0 aliphatic carbocycles. The minimum absolute atomic E-state index is 0.0669. The third kappa shape index (κ3) is 2.00. The van der Waals surface area contributed by atoms with E-state index < -0.39 is 0 Å². The van der Waals surface area contributed by atoms with Crippen LogP contribution < -0.4 is 0 Å². The van der Waals surface area contributed by atoms with E-state index in [1.807, 2.05) is 32.3 Å². The van der Waals surface area contributed by atoms with Crippen molar-refractivity contribution < 1.29 is 4.74 Å². The Bertz CT molecular complexity index is 579. The molecular weight excluding hydrogens is 250 g/mol. The lowest BCUT2D eigenvalue weighted by atomic mass is 10.1. The van der Waals surface area contributed by atoms with Crippen LogP contribution in [-0.4, -0.2) is 41.9 Å². The summed E-state index contributed by atoms with van der Waals surface area (Å²) >= 11 is 6.08. The van der Waals surface area contributed by atoms with Gasteiger partial charge in [-0.25, -0.2) is 0 Å². The number of aromatic nitrogens is 2. The van der Waals surface area contributed by atoms with Crippen molar-refractivity contribution in [2.45, 2.75) is 12.6 Å². The normalized spacial score (nSPS) is 19.4. The molecule has 3 rings (SSSR count). The van der Waals surface area contributed by atoms with Gasteiger partial charge in [0, 0.05) is 17.0 Å². The number of hydrogen-bond acceptors (Lipinski definition) is 3. The van der Waals surface area contributed by atoms with Crippen LogP contribution >= 0.6 is 11.6 Å². The van der Waals surface area contributed by atoms with E-state index in [-0.39, 0.29) is 6.10 Å². The maximum atomic E-state index is 6.08. The molecule has 5 heteroatoms. The molecule has 0 amide bonds. The first-order valence-corrected chi connectivity index (χ1v) is 6.45. The molecule has 1 unspecified atom stereocenters. The molecule has 1 aromatic carbocycles. The molecule has 0 N–H and O–H groups in total. The largest absolute Gasteiger partial charge is 0.369 e. The van der Waals surface area contributed by atoms with Gasteiger partial charge in [0.25, 0.3) is 0 Å². The molecule has 1 aliphatic rings. The van der Waals surface area contributed by atoms with Crippen molar-refractivity contribution in [2.75, 3.05) is 27.2 Å². The van der Waals surface area contributed by atoms with Gasteiger partial charge >= 0.3 is 0 Å². The Morgan fingerprint density at radius 2 is 2.33 bits per heavy atom. The molecule has 1 aliphatic heterocycles. The Hall–Kier alpha value is -1.10. The highest BCUT2D eigenvalue weighted by atomic mass is 35.5. The van der Waals surface area contributed by atoms with Crippen LogP contribution in [0, 0.1) is 0 Å². The number of likely N-dealkylation sites (N-methyl/N-ethyl adjacent to an activating group) is 1. The Labute approximate surface area is 111 Å². The summed E-state index contributed by atoms with van der Waals surface area (Å²) in [7, 11) is 4.10. The number of ether oxygens (including phenoxy) is 1. The van der Waals surface area contributed by atoms with Gasteiger partial charge in [0.15, 0.2) is 0 Å². The second-order valence-electron chi connectivity index (χ2n) is 4.89. The number of halogens is 1. The van der Waals surface area contributed by atoms with Crippen molar-refractivity contribution in [3.8, 4) is 0 Å². The molecule has 0 bridgehead atoms. The number of fused-ring (bicyclic) bond motifs is 3. The van der Waals surface area contributed by atoms with Gasteiger partial charge in [0.2, 0.25) is 0 Å². The van der Waals surface area contributed by atoms with Gasteiger partial charge in [-0.1, -0.05) is 11.6 Å². The fourth-order valence-electron chi connectivity index (χ4n) is 2.46. The van der Waals surface area contributed by atoms with Crippen LogP contribution in [-0.2, 0) is 11.3 Å². The summed E-state index contributed by atoms with van der Waals surface area (Å²) in [6.07, 6.45) is 0.0669. The third-order valence-electron chi connectivity index (χ3n) is 3.20. The molecule has 1 atom stereocenters. The zero-order valence-corrected chi connectivity index (χ0v) is 11.3. The van der Waals surface area contributed by atoms with Crippen molar-refractivity contribution in [2.24, 2.45) is 0 Å². The van der Waals surface area contributed by atoms with Crippen LogP contribution in [0.15, 0.2) is 18.2 Å². The van der Waals surface area contributed by atoms with Crippen LogP contribution in [0.4, 0.5) is 0 Å². The van der Waals surface area contributed by atoms with Gasteiger partial charge in [-0.3, -0.25) is 4.68 Å². The van der Waals surface area contributed by atoms with E-state index in [2.05, 4.69) is 14.7 Å². The van der Waals surface area contributed by atoms with E-state index in [1.54, 1.807) is 0 Å². The quantitative estimate of drug-likeness (QED) is 0.835. The lowest BCUT2D eigenvalue weighted by Gasteiger charge is -2.27. The average molecular weight is 266 g/mol. The molecule has 2 heterocycles. The number of nitrogens with zero attached hydrogens (tertiary/aromatic N) is 3. The highest BCUT2D eigenvalue weighted by molar-refractivity contribution is 6.31. The second-order valence-corrected chi connectivity index (χ2v) is 5.33. The SMILES string of the molecule is CN(C)CC1OCCn2nc3ccc(Cl)cc3c21. The number of rotatable bonds is 2. The maximum absolute atomic E-state index is 6.08. The third-order valence-corrected chi connectivity index (χ3v) is 3.43. The predicted molar refractivity (Wildman–Crippen MR) is 72.0 cm³/mol. The smallest absolute Gasteiger partial charge is 0.112 e. The van der Waals surface area contributed by atoms with Crippen LogP contribution in [0.3, 0.4) is 0 Å². The number of hydrogen-bond donors (Lipinski definition) is 0. The fourth-order valence-corrected chi connectivity index (χ4v) is 2.64. The van der Waals surface area contributed by atoms with Crippen LogP contribution in [0.1, 0.15) is 11.8 Å². The van der Waals surface area contributed by atoms with Crippen molar-refractivity contribution in [3.63, 3.8) is 0 Å². The van der Waals surface area contributed by atoms with E-state index in [0.29, 0.717) is 6.61 Å². The van der Waals surface area contributed by atoms with Crippen LogP contribution in [0.5, 0.6) is 0 Å². The molecule has 1 aromatic heterocycles. The Kier molecular flexibility index (Phi) is 3.01. The van der Waals surface area contributed by atoms with Gasteiger partial charge in [-0.2, -0.15) is 5.10 Å². The van der Waals surface area contributed by atoms with Gasteiger partial charge in [-0.15, -0.1) is 0 Å². The van der Waals surface area contributed by atoms with E-state index in [1.165, 1.54) is 0 Å². The first-order chi connectivity index (χ1) is 8.65. The minimum atomic E-state index is 0.0669. The van der Waals surface area contributed by atoms with Crippen molar-refractivity contribution in [1.82, 2.24) is 14.7 Å². The average Bonchev–Trinajstić information content (AvgIpc) is 2.67. The van der Waals surface area contributed by atoms with E-state index in [0.717, 1.165) is 34.7 Å². The zero-order valence-electron chi connectivity index (χ0n) is 10.6. The topological polar surface area (TPSA) is 30.3 Å². The number of benzene rings is 1. The molecule has 96 valence electrons. The Balaban J connectivity index is 2.13. The zero-order chi connectivity index (χ0) is 12.7. The lowest BCUT2D eigenvalue weighted by Crippen LogP contribution is -2.29. The van der Waals surface area contributed by atoms with E-state index in [4.69, 9.17) is 16.3 Å². The molecular formula is C13H16ClN3O. The van der Waals surface area contributed by atoms with Crippen LogP contribution in [0.2, 0.25) is 5.02 Å². The molecule has 0 saturated heterocycles. The van der Waals surface area contributed by atoms with Crippen molar-refractivity contribution >= 4 is 22.5 Å². The summed E-state index contributed by atoms with van der Waals surface area (Å²) in [6, 6.07) is 5.83. The Morgan fingerprint density at radius 1 is 1.50 bits per heavy atom. The first kappa shape index (κ1) is 12.0. The molecule has 0 radical (unpaired) electrons. The summed E-state index contributed by atoms with van der Waals surface area (Å²) in [4.78, 5) is 2.13. The summed E-state index contributed by atoms with van der Waals surface area (Å²) in [6.45, 7) is 2.38. The van der Waals surface area contributed by atoms with Crippen LogP contribution in [0.25, 0.3) is 10.9 Å². The summed E-state index contributed by atoms with van der Waals surface area (Å²) in [5.41, 5.74) is 2.14. The standard InChI is InChI=1S/C13H16ClN3O/c1-16(2)8-12-13-10-7-9(14)3-4-11(10)15-17(13)5-6-18-12/h3-4,7,12H,5-6,8H2,1-2H3. The lowest BCUT2D eigenvalue weighted by molar-refractivity contribution is 0.00345. The molecule has 18 heavy (non-hydrogen) atoms. The summed E-state index contributed by atoms with van der Waals surface area (Å²) in [5, 5.41) is 6.46. The fraction of sp³-hybridized carbons (Fsp3) is 0.462. The van der Waals surface area contributed by atoms with E-state index in [9.17, 15) is 0 Å². The maximum Gasteiger partial charge on any atom is 0.112 e. The highest BCUT2D eigenvalue weighted by Crippen LogP contribution is 2.31. The highest BCUT2D eigenvalue weighted by Gasteiger charge is 2.25. The minimum Gasteiger partial charge on any atom is -0.369 e. The molecule has 0 fully saturated rings. The molecule has 2 aromatic rings. The van der Waals surface area contributed by atoms with Gasteiger partial charge in [-0.05, 0) is 32.3 Å². The van der Waals surface area contributed by atoms with Gasteiger partial charge in [0.05, 0.1) is 24.4 Å². The Morgan fingerprint density at radius 3 is 3.11 bits per heavy atom. The van der Waals surface area contributed by atoms with E-state index >= 15 is 0 Å². The summed E-state index contributed by atoms with van der Waals surface area (Å²) in [5.74, 6) is 0. The molecule has 0 saturated carbocycles. The summed E-state index contributed by atoms with van der Waals surface area (Å²) < 4.78 is 7.93. The van der Waals surface area contributed by atoms with Gasteiger partial charge in [0.1, 0.15) is 6.10 Å². The molecule has 4 nitrogen and oxygen atoms in total. The molecule has 0 spiro atoms.